The molecule has 2 bridgehead atoms. The van der Waals surface area contributed by atoms with E-state index in [2.05, 4.69) is 16.6 Å². The number of hydrogen-bond donors (Lipinski definition) is 3. The van der Waals surface area contributed by atoms with Crippen LogP contribution in [-0.2, 0) is 26.2 Å². The maximum absolute atomic E-state index is 12.0. The summed E-state index contributed by atoms with van der Waals surface area (Å²) in [5, 5.41) is 18.1. The zero-order chi connectivity index (χ0) is 20.8. The number of carbonyl (C=O) groups excluding carboxylic acids is 1. The number of hydrogen-bond acceptors (Lipinski definition) is 7. The van der Waals surface area contributed by atoms with E-state index in [4.69, 9.17) is 14.7 Å². The van der Waals surface area contributed by atoms with Crippen molar-refractivity contribution in [1.82, 2.24) is 0 Å². The Bertz CT molecular complexity index is 871. The monoisotopic (exact) mass is 405 g/mol. The molecular formula is C20H25N2O7+. The third-order valence-corrected chi connectivity index (χ3v) is 6.56. The maximum atomic E-state index is 12.0. The highest BCUT2D eigenvalue weighted by Gasteiger charge is 2.64. The van der Waals surface area contributed by atoms with Crippen LogP contribution in [0.1, 0.15) is 30.4 Å². The predicted molar refractivity (Wildman–Crippen MR) is 99.2 cm³/mol. The molecule has 5 rings (SSSR count). The van der Waals surface area contributed by atoms with Gasteiger partial charge in [-0.15, -0.1) is 0 Å². The van der Waals surface area contributed by atoms with Gasteiger partial charge in [0.2, 0.25) is 0 Å². The van der Waals surface area contributed by atoms with Crippen molar-refractivity contribution in [3.05, 3.63) is 40.3 Å². The van der Waals surface area contributed by atoms with E-state index in [9.17, 15) is 14.8 Å². The molecule has 3 aliphatic carbocycles. The van der Waals surface area contributed by atoms with Crippen molar-refractivity contribution in [2.24, 2.45) is 17.6 Å². The molecular weight excluding hydrogens is 380 g/mol. The number of phenolic OH excluding ortho intramolecular Hbond substituents is 1. The van der Waals surface area contributed by atoms with E-state index < -0.39 is 29.9 Å². The van der Waals surface area contributed by atoms with Gasteiger partial charge >= 0.3 is 11.1 Å². The number of nitrogens with zero attached hydrogens (tertiary/aromatic N) is 1. The number of benzene rings is 1. The van der Waals surface area contributed by atoms with Crippen molar-refractivity contribution in [1.29, 1.82) is 0 Å². The number of phenols is 1. The largest absolute Gasteiger partial charge is 0.504 e. The number of ether oxygens (including phenoxy) is 2. The lowest BCUT2D eigenvalue weighted by molar-refractivity contribution is -0.974. The van der Waals surface area contributed by atoms with Crippen molar-refractivity contribution >= 4 is 5.97 Å². The Hall–Kier alpha value is -2.81. The Morgan fingerprint density at radius 1 is 1.38 bits per heavy atom. The Labute approximate surface area is 167 Å². The van der Waals surface area contributed by atoms with Gasteiger partial charge in [0.05, 0.1) is 0 Å². The van der Waals surface area contributed by atoms with Gasteiger partial charge in [-0.25, -0.2) is 10.0 Å². The van der Waals surface area contributed by atoms with Crippen LogP contribution in [-0.4, -0.2) is 47.2 Å². The number of allylic oxidation sites excluding steroid dienone is 1. The van der Waals surface area contributed by atoms with Crippen LogP contribution in [0, 0.1) is 16.7 Å². The standard InChI is InChI=1S/C19H19NO7.CH5N/c21-13-5-3-11-8-10-2-1-7-19-12(10)4-6-14(18(19)27-17(13)16(11)19)26-15(22)9-25-20(23)24;1-2/h3-6,10,12,14,18H,1-2,7-9H2,(H-,21,23,24);2H2,1H3/p+1/t10-,12?,14+,18+,19+;/m1./s1. The minimum absolute atomic E-state index is 0.107. The Kier molecular flexibility index (Phi) is 4.85. The lowest BCUT2D eigenvalue weighted by Crippen LogP contribution is -2.58. The summed E-state index contributed by atoms with van der Waals surface area (Å²) in [4.78, 5) is 26.7. The molecule has 1 fully saturated rings. The molecule has 9 heteroatoms. The zero-order valence-corrected chi connectivity index (χ0v) is 16.1. The van der Waals surface area contributed by atoms with Crippen LogP contribution in [0.25, 0.3) is 0 Å². The van der Waals surface area contributed by atoms with E-state index in [-0.39, 0.29) is 17.1 Å². The molecule has 1 aromatic carbocycles. The molecule has 0 amide bonds. The molecule has 1 saturated carbocycles. The predicted octanol–water partition coefficient (Wildman–Crippen LogP) is 1.52. The minimum Gasteiger partial charge on any atom is -0.504 e. The van der Waals surface area contributed by atoms with Crippen LogP contribution < -0.4 is 10.5 Å². The third-order valence-electron chi connectivity index (χ3n) is 6.56. The zero-order valence-electron chi connectivity index (χ0n) is 16.1. The Morgan fingerprint density at radius 2 is 2.17 bits per heavy atom. The van der Waals surface area contributed by atoms with Crippen molar-refractivity contribution in [2.45, 2.75) is 43.3 Å². The van der Waals surface area contributed by atoms with E-state index in [1.807, 2.05) is 12.1 Å². The summed E-state index contributed by atoms with van der Waals surface area (Å²) in [5.41, 5.74) is 6.46. The summed E-state index contributed by atoms with van der Waals surface area (Å²) >= 11 is 0. The summed E-state index contributed by atoms with van der Waals surface area (Å²) in [6, 6.07) is 3.65. The van der Waals surface area contributed by atoms with Crippen molar-refractivity contribution in [3.63, 3.8) is 0 Å². The number of nitrogens with two attached hydrogens (primary N) is 1. The SMILES string of the molecule is CN.O=C(CO[N+](=O)O)O[C@H]1C=CC2[C@@H]3CCC[C@@]24c2c(ccc(O)c2O[C@@H]14)C3. The summed E-state index contributed by atoms with van der Waals surface area (Å²) < 4.78 is 11.7. The molecule has 9 nitrogen and oxygen atoms in total. The lowest BCUT2D eigenvalue weighted by atomic mass is 9.50. The van der Waals surface area contributed by atoms with Crippen LogP contribution in [0.2, 0.25) is 0 Å². The molecule has 5 atom stereocenters. The summed E-state index contributed by atoms with van der Waals surface area (Å²) in [5.74, 6) is 0.627. The highest BCUT2D eigenvalue weighted by Crippen LogP contribution is 2.64. The normalized spacial score (nSPS) is 32.2. The fourth-order valence-electron chi connectivity index (χ4n) is 5.76. The van der Waals surface area contributed by atoms with E-state index in [0.717, 1.165) is 31.2 Å². The van der Waals surface area contributed by atoms with Gasteiger partial charge in [0.25, 0.3) is 6.61 Å². The van der Waals surface area contributed by atoms with Gasteiger partial charge in [-0.3, -0.25) is 0 Å². The number of carbonyl (C=O) groups is 1. The second-order valence-electron chi connectivity index (χ2n) is 7.76. The Balaban J connectivity index is 0.000000994. The second kappa shape index (κ2) is 7.22. The van der Waals surface area contributed by atoms with Crippen molar-refractivity contribution in [2.75, 3.05) is 13.7 Å². The van der Waals surface area contributed by atoms with Crippen LogP contribution in [0.15, 0.2) is 24.3 Å². The number of rotatable bonds is 4. The third kappa shape index (κ3) is 2.83. The summed E-state index contributed by atoms with van der Waals surface area (Å²) in [7, 11) is 1.50. The first kappa shape index (κ1) is 19.5. The van der Waals surface area contributed by atoms with Gasteiger partial charge in [-0.2, -0.15) is 4.84 Å². The van der Waals surface area contributed by atoms with Crippen LogP contribution >= 0.6 is 0 Å². The summed E-state index contributed by atoms with van der Waals surface area (Å²) in [6.07, 6.45) is 6.94. The maximum Gasteiger partial charge on any atom is 0.475 e. The molecule has 1 unspecified atom stereocenters. The molecule has 29 heavy (non-hydrogen) atoms. The number of esters is 1. The first-order valence-electron chi connectivity index (χ1n) is 9.77. The molecule has 1 aliphatic heterocycles. The molecule has 1 spiro atoms. The van der Waals surface area contributed by atoms with Crippen LogP contribution in [0.4, 0.5) is 0 Å². The van der Waals surface area contributed by atoms with Crippen LogP contribution in [0.3, 0.4) is 0 Å². The Morgan fingerprint density at radius 3 is 2.93 bits per heavy atom. The minimum atomic E-state index is -0.776. The number of aromatic hydroxyl groups is 1. The molecule has 156 valence electrons. The van der Waals surface area contributed by atoms with Gasteiger partial charge < -0.3 is 20.3 Å². The molecule has 4 aliphatic rings. The van der Waals surface area contributed by atoms with Crippen LogP contribution in [0.5, 0.6) is 11.5 Å². The smallest absolute Gasteiger partial charge is 0.475 e. The fourth-order valence-corrected chi connectivity index (χ4v) is 5.76. The van der Waals surface area contributed by atoms with E-state index in [1.165, 1.54) is 12.6 Å². The second-order valence-corrected chi connectivity index (χ2v) is 7.76. The van der Waals surface area contributed by atoms with Gasteiger partial charge in [0.1, 0.15) is 11.0 Å². The van der Waals surface area contributed by atoms with Crippen molar-refractivity contribution < 1.29 is 34.5 Å². The quantitative estimate of drug-likeness (QED) is 0.390. The average molecular weight is 405 g/mol. The molecule has 0 radical (unpaired) electrons. The topological polar surface area (TPSA) is 131 Å². The van der Waals surface area contributed by atoms with Gasteiger partial charge in [-0.05, 0) is 55.9 Å². The highest BCUT2D eigenvalue weighted by atomic mass is 17.0. The van der Waals surface area contributed by atoms with Crippen molar-refractivity contribution in [3.8, 4) is 11.5 Å². The fraction of sp³-hybridized carbons (Fsp3) is 0.550. The first-order valence-corrected chi connectivity index (χ1v) is 9.77. The lowest BCUT2D eigenvalue weighted by Gasteiger charge is -2.53. The molecule has 0 aromatic heterocycles. The van der Waals surface area contributed by atoms with E-state index in [1.54, 1.807) is 6.07 Å². The van der Waals surface area contributed by atoms with Gasteiger partial charge in [0, 0.05) is 11.0 Å². The summed E-state index contributed by atoms with van der Waals surface area (Å²) in [6.45, 7) is -0.695. The molecule has 4 N–H and O–H groups in total. The average Bonchev–Trinajstić information content (AvgIpc) is 3.05. The molecule has 1 aromatic rings. The van der Waals surface area contributed by atoms with Gasteiger partial charge in [-0.1, -0.05) is 18.6 Å². The molecule has 0 saturated heterocycles. The highest BCUT2D eigenvalue weighted by molar-refractivity contribution is 5.71. The van der Waals surface area contributed by atoms with Gasteiger partial charge in [0.15, 0.2) is 17.6 Å². The van der Waals surface area contributed by atoms with E-state index >= 15 is 0 Å². The molecule has 1 heterocycles. The first-order chi connectivity index (χ1) is 14.0. The van der Waals surface area contributed by atoms with E-state index in [0.29, 0.717) is 11.7 Å².